The van der Waals surface area contributed by atoms with E-state index < -0.39 is 54.1 Å². The summed E-state index contributed by atoms with van der Waals surface area (Å²) in [6.45, 7) is 3.94. The molecule has 0 aliphatic carbocycles. The number of benzene rings is 2. The molecule has 3 saturated heterocycles. The molecular weight excluding hydrogens is 460 g/mol. The van der Waals surface area contributed by atoms with Crippen LogP contribution in [0.2, 0.25) is 0 Å². The molecule has 2 N–H and O–H groups in total. The maximum absolute atomic E-state index is 14.3. The van der Waals surface area contributed by atoms with Crippen molar-refractivity contribution in [2.45, 2.75) is 43.2 Å². The highest BCUT2D eigenvalue weighted by Crippen LogP contribution is 2.59. The van der Waals surface area contributed by atoms with Crippen molar-refractivity contribution in [1.29, 1.82) is 0 Å². The molecule has 3 aliphatic heterocycles. The van der Waals surface area contributed by atoms with Gasteiger partial charge in [0.25, 0.3) is 0 Å². The number of carboxylic acids is 1. The number of aliphatic hydroxyl groups excluding tert-OH is 1. The van der Waals surface area contributed by atoms with Crippen LogP contribution in [0.4, 0.5) is 0 Å². The zero-order chi connectivity index (χ0) is 25.4. The molecule has 0 saturated carbocycles. The van der Waals surface area contributed by atoms with Crippen molar-refractivity contribution in [1.82, 2.24) is 9.80 Å². The quantitative estimate of drug-likeness (QED) is 0.523. The van der Waals surface area contributed by atoms with Gasteiger partial charge in [-0.15, -0.1) is 6.58 Å². The van der Waals surface area contributed by atoms with E-state index >= 15 is 0 Å². The van der Waals surface area contributed by atoms with Gasteiger partial charge in [-0.1, -0.05) is 66.7 Å². The van der Waals surface area contributed by atoms with Crippen LogP contribution >= 0.6 is 0 Å². The minimum absolute atomic E-state index is 0.244. The summed E-state index contributed by atoms with van der Waals surface area (Å²) >= 11 is 0. The lowest BCUT2D eigenvalue weighted by atomic mass is 9.70. The van der Waals surface area contributed by atoms with E-state index in [1.54, 1.807) is 35.2 Å². The lowest BCUT2D eigenvalue weighted by Gasteiger charge is -2.39. The van der Waals surface area contributed by atoms with Gasteiger partial charge in [0.05, 0.1) is 30.6 Å². The fraction of sp³-hybridized carbons (Fsp3) is 0.393. The highest BCUT2D eigenvalue weighted by Gasteiger charge is 2.75. The molecule has 3 aliphatic rings. The van der Waals surface area contributed by atoms with Gasteiger partial charge in [-0.2, -0.15) is 0 Å². The Labute approximate surface area is 209 Å². The van der Waals surface area contributed by atoms with Crippen molar-refractivity contribution >= 4 is 17.8 Å². The third-order valence-electron chi connectivity index (χ3n) is 7.83. The average Bonchev–Trinajstić information content (AvgIpc) is 3.53. The molecule has 2 aromatic rings. The molecule has 8 heteroatoms. The van der Waals surface area contributed by atoms with Crippen LogP contribution in [-0.4, -0.2) is 68.7 Å². The number of aliphatic carboxylic acids is 1. The van der Waals surface area contributed by atoms with E-state index in [-0.39, 0.29) is 12.5 Å². The van der Waals surface area contributed by atoms with Gasteiger partial charge >= 0.3 is 5.97 Å². The first-order valence-corrected chi connectivity index (χ1v) is 12.2. The number of carbonyl (C=O) groups is 3. The summed E-state index contributed by atoms with van der Waals surface area (Å²) in [5.41, 5.74) is 0.335. The number of amides is 2. The van der Waals surface area contributed by atoms with Crippen LogP contribution in [0, 0.1) is 11.8 Å². The van der Waals surface area contributed by atoms with Gasteiger partial charge in [0.15, 0.2) is 0 Å². The van der Waals surface area contributed by atoms with Gasteiger partial charge in [0, 0.05) is 13.1 Å². The minimum atomic E-state index is -1.25. The first-order chi connectivity index (χ1) is 17.4. The van der Waals surface area contributed by atoms with Crippen molar-refractivity contribution in [2.24, 2.45) is 11.8 Å². The molecule has 2 amide bonds. The molecule has 2 bridgehead atoms. The Bertz CT molecular complexity index is 1160. The second kappa shape index (κ2) is 9.52. The van der Waals surface area contributed by atoms with Gasteiger partial charge in [-0.25, -0.2) is 0 Å². The number of nitrogens with zero attached hydrogens (tertiary/aromatic N) is 2. The van der Waals surface area contributed by atoms with Gasteiger partial charge < -0.3 is 24.7 Å². The van der Waals surface area contributed by atoms with Crippen molar-refractivity contribution < 1.29 is 29.3 Å². The number of carbonyl (C=O) groups excluding carboxylic acids is 2. The monoisotopic (exact) mass is 490 g/mol. The van der Waals surface area contributed by atoms with Crippen LogP contribution in [0.3, 0.4) is 0 Å². The first-order valence-electron chi connectivity index (χ1n) is 12.2. The molecule has 1 spiro atoms. The van der Waals surface area contributed by atoms with Crippen LogP contribution in [0.25, 0.3) is 0 Å². The number of fused-ring (bicyclic) bond motifs is 1. The Balaban J connectivity index is 1.60. The number of aliphatic hydroxyl groups is 1. The molecule has 6 atom stereocenters. The molecule has 36 heavy (non-hydrogen) atoms. The predicted octanol–water partition coefficient (Wildman–Crippen LogP) is 2.39. The van der Waals surface area contributed by atoms with Crippen LogP contribution in [0.15, 0.2) is 73.3 Å². The highest BCUT2D eigenvalue weighted by atomic mass is 16.5. The number of hydrogen-bond donors (Lipinski definition) is 2. The molecule has 3 heterocycles. The smallest absolute Gasteiger partial charge is 0.310 e. The maximum atomic E-state index is 14.3. The van der Waals surface area contributed by atoms with E-state index in [2.05, 4.69) is 6.58 Å². The summed E-state index contributed by atoms with van der Waals surface area (Å²) in [5, 5.41) is 20.4. The Morgan fingerprint density at radius 2 is 1.83 bits per heavy atom. The lowest BCUT2D eigenvalue weighted by Crippen LogP contribution is -2.57. The molecule has 188 valence electrons. The fourth-order valence-electron chi connectivity index (χ4n) is 6.38. The summed E-state index contributed by atoms with van der Waals surface area (Å²) in [5.74, 6) is -3.90. The Morgan fingerprint density at radius 1 is 1.17 bits per heavy atom. The maximum Gasteiger partial charge on any atom is 0.310 e. The molecule has 0 aromatic heterocycles. The topological polar surface area (TPSA) is 107 Å². The highest BCUT2D eigenvalue weighted by molar-refractivity contribution is 5.98. The predicted molar refractivity (Wildman–Crippen MR) is 130 cm³/mol. The van der Waals surface area contributed by atoms with Crippen LogP contribution < -0.4 is 0 Å². The first kappa shape index (κ1) is 24.2. The number of carboxylic acid groups (broad SMARTS) is 1. The molecule has 0 radical (unpaired) electrons. The van der Waals surface area contributed by atoms with E-state index in [4.69, 9.17) is 4.74 Å². The van der Waals surface area contributed by atoms with E-state index in [0.29, 0.717) is 24.9 Å². The van der Waals surface area contributed by atoms with Gasteiger partial charge in [0.1, 0.15) is 11.6 Å². The number of ether oxygens (including phenoxy) is 1. The van der Waals surface area contributed by atoms with Gasteiger partial charge in [-0.3, -0.25) is 14.4 Å². The van der Waals surface area contributed by atoms with Crippen molar-refractivity contribution in [3.63, 3.8) is 0 Å². The van der Waals surface area contributed by atoms with E-state index in [9.17, 15) is 24.6 Å². The van der Waals surface area contributed by atoms with E-state index in [0.717, 1.165) is 5.56 Å². The van der Waals surface area contributed by atoms with Crippen molar-refractivity contribution in [3.8, 4) is 0 Å². The van der Waals surface area contributed by atoms with Crippen LogP contribution in [0.5, 0.6) is 0 Å². The van der Waals surface area contributed by atoms with Gasteiger partial charge in [-0.05, 0) is 24.0 Å². The zero-order valence-electron chi connectivity index (χ0n) is 19.9. The number of likely N-dealkylation sites (tertiary alicyclic amines) is 1. The molecule has 2 unspecified atom stereocenters. The standard InChI is InChI=1S/C28H30N2O6/c1-2-15-29(16-18-9-5-3-6-10-18)26(33)24-28-14-13-21(36-28)22(27(34)35)23(28)25(32)30(24)20(17-31)19-11-7-4-8-12-19/h2-12,20-24,31H,1,13-17H2,(H,34,35)/t20-,21+,22-,23+,24?,28?/m1/s1. The molecule has 2 aromatic carbocycles. The largest absolute Gasteiger partial charge is 0.481 e. The van der Waals surface area contributed by atoms with E-state index in [1.165, 1.54) is 4.90 Å². The second-order valence-corrected chi connectivity index (χ2v) is 9.74. The molecule has 3 fully saturated rings. The Kier molecular flexibility index (Phi) is 6.40. The summed E-state index contributed by atoms with van der Waals surface area (Å²) in [6.07, 6.45) is 1.89. The molecular formula is C28H30N2O6. The summed E-state index contributed by atoms with van der Waals surface area (Å²) in [6, 6.07) is 16.7. The fourth-order valence-corrected chi connectivity index (χ4v) is 6.38. The van der Waals surface area contributed by atoms with Crippen molar-refractivity contribution in [2.75, 3.05) is 13.2 Å². The zero-order valence-corrected chi connectivity index (χ0v) is 19.9. The number of rotatable bonds is 9. The van der Waals surface area contributed by atoms with E-state index in [1.807, 2.05) is 36.4 Å². The van der Waals surface area contributed by atoms with Crippen molar-refractivity contribution in [3.05, 3.63) is 84.4 Å². The third-order valence-corrected chi connectivity index (χ3v) is 7.83. The lowest BCUT2D eigenvalue weighted by molar-refractivity contribution is -0.153. The van der Waals surface area contributed by atoms with Crippen LogP contribution in [0.1, 0.15) is 30.0 Å². The number of hydrogen-bond acceptors (Lipinski definition) is 5. The Morgan fingerprint density at radius 3 is 2.44 bits per heavy atom. The average molecular weight is 491 g/mol. The third kappa shape index (κ3) is 3.72. The summed E-state index contributed by atoms with van der Waals surface area (Å²) in [4.78, 5) is 43.6. The molecule has 8 nitrogen and oxygen atoms in total. The molecule has 5 rings (SSSR count). The summed E-state index contributed by atoms with van der Waals surface area (Å²) in [7, 11) is 0. The Hall–Kier alpha value is -3.49. The normalized spacial score (nSPS) is 29.1. The second-order valence-electron chi connectivity index (χ2n) is 9.74. The summed E-state index contributed by atoms with van der Waals surface area (Å²) < 4.78 is 6.30. The SMILES string of the molecule is C=CCN(Cc1ccccc1)C(=O)C1N([C@H](CO)c2ccccc2)C(=O)[C@@H]2[C@H](C(=O)O)[C@@H]3CCC12O3. The minimum Gasteiger partial charge on any atom is -0.481 e. The van der Waals surface area contributed by atoms with Crippen LogP contribution in [-0.2, 0) is 25.7 Å². The van der Waals surface area contributed by atoms with Gasteiger partial charge in [0.2, 0.25) is 11.8 Å².